The molecule has 7 heteroatoms. The Bertz CT molecular complexity index is 1010. The summed E-state index contributed by atoms with van der Waals surface area (Å²) in [5, 5.41) is 8.09. The first-order valence-corrected chi connectivity index (χ1v) is 9.01. The summed E-state index contributed by atoms with van der Waals surface area (Å²) >= 11 is 0. The second-order valence-corrected chi connectivity index (χ2v) is 6.52. The van der Waals surface area contributed by atoms with Gasteiger partial charge in [0.15, 0.2) is 0 Å². The molecule has 0 saturated heterocycles. The van der Waals surface area contributed by atoms with Crippen LogP contribution in [-0.2, 0) is 16.1 Å². The predicted molar refractivity (Wildman–Crippen MR) is 111 cm³/mol. The molecule has 144 valence electrons. The molecule has 0 aliphatic carbocycles. The van der Waals surface area contributed by atoms with Gasteiger partial charge in [0, 0.05) is 41.3 Å². The molecule has 3 aromatic rings. The van der Waals surface area contributed by atoms with Crippen molar-refractivity contribution < 1.29 is 9.59 Å². The molecule has 4 N–H and O–H groups in total. The highest BCUT2D eigenvalue weighted by Crippen LogP contribution is 2.20. The maximum atomic E-state index is 12.0. The molecule has 0 saturated carbocycles. The van der Waals surface area contributed by atoms with Gasteiger partial charge in [-0.1, -0.05) is 35.9 Å². The molecule has 0 aliphatic rings. The fraction of sp³-hybridized carbons (Fsp3) is 0.190. The Morgan fingerprint density at radius 2 is 1.89 bits per heavy atom. The SMILES string of the molecule is Cc1ccc(NCC(=O)N/N=C\c2cn(CCC(N)=O)c3ccccc23)cc1. The molecule has 0 bridgehead atoms. The molecule has 1 aromatic heterocycles. The zero-order chi connectivity index (χ0) is 19.9. The van der Waals surface area contributed by atoms with Crippen molar-refractivity contribution in [2.75, 3.05) is 11.9 Å². The lowest BCUT2D eigenvalue weighted by Gasteiger charge is -2.05. The summed E-state index contributed by atoms with van der Waals surface area (Å²) in [5.41, 5.74) is 11.6. The van der Waals surface area contributed by atoms with E-state index in [1.807, 2.05) is 66.2 Å². The van der Waals surface area contributed by atoms with Crippen LogP contribution >= 0.6 is 0 Å². The molecular weight excluding hydrogens is 354 g/mol. The minimum atomic E-state index is -0.346. The molecule has 2 aromatic carbocycles. The molecule has 7 nitrogen and oxygen atoms in total. The monoisotopic (exact) mass is 377 g/mol. The molecule has 3 rings (SSSR count). The smallest absolute Gasteiger partial charge is 0.259 e. The molecule has 2 amide bonds. The van der Waals surface area contributed by atoms with Gasteiger partial charge in [-0.2, -0.15) is 5.10 Å². The summed E-state index contributed by atoms with van der Waals surface area (Å²) in [4.78, 5) is 23.0. The third kappa shape index (κ3) is 4.97. The summed E-state index contributed by atoms with van der Waals surface area (Å²) < 4.78 is 1.96. The summed E-state index contributed by atoms with van der Waals surface area (Å²) in [6, 6.07) is 15.6. The molecule has 1 heterocycles. The number of primary amides is 1. The van der Waals surface area contributed by atoms with Gasteiger partial charge in [0.2, 0.25) is 5.91 Å². The number of hydrogen-bond acceptors (Lipinski definition) is 4. The standard InChI is InChI=1S/C21H23N5O2/c1-15-6-8-17(9-7-15)23-13-21(28)25-24-12-16-14-26(11-10-20(22)27)19-5-3-2-4-18(16)19/h2-9,12,14,23H,10-11,13H2,1H3,(H2,22,27)(H,25,28)/b24-12-. The molecular formula is C21H23N5O2. The first-order chi connectivity index (χ1) is 13.5. The number of rotatable bonds is 8. The van der Waals surface area contributed by atoms with E-state index >= 15 is 0 Å². The van der Waals surface area contributed by atoms with Crippen molar-refractivity contribution in [2.45, 2.75) is 19.9 Å². The molecule has 0 atom stereocenters. The molecule has 0 fully saturated rings. The van der Waals surface area contributed by atoms with Crippen LogP contribution < -0.4 is 16.5 Å². The first-order valence-electron chi connectivity index (χ1n) is 9.01. The van der Waals surface area contributed by atoms with E-state index in [-0.39, 0.29) is 24.8 Å². The number of fused-ring (bicyclic) bond motifs is 1. The van der Waals surface area contributed by atoms with Crippen LogP contribution in [0.15, 0.2) is 59.8 Å². The van der Waals surface area contributed by atoms with Gasteiger partial charge in [0.1, 0.15) is 0 Å². The summed E-state index contributed by atoms with van der Waals surface area (Å²) in [7, 11) is 0. The minimum absolute atomic E-state index is 0.126. The number of anilines is 1. The van der Waals surface area contributed by atoms with Gasteiger partial charge < -0.3 is 15.6 Å². The number of nitrogens with zero attached hydrogens (tertiary/aromatic N) is 2. The lowest BCUT2D eigenvalue weighted by molar-refractivity contribution is -0.119. The highest BCUT2D eigenvalue weighted by Gasteiger charge is 2.07. The molecule has 0 radical (unpaired) electrons. The quantitative estimate of drug-likeness (QED) is 0.415. The maximum Gasteiger partial charge on any atom is 0.259 e. The van der Waals surface area contributed by atoms with Crippen LogP contribution in [0.2, 0.25) is 0 Å². The highest BCUT2D eigenvalue weighted by molar-refractivity contribution is 5.99. The van der Waals surface area contributed by atoms with Crippen LogP contribution in [0.3, 0.4) is 0 Å². The Morgan fingerprint density at radius 3 is 2.64 bits per heavy atom. The fourth-order valence-corrected chi connectivity index (χ4v) is 2.86. The number of nitrogens with one attached hydrogen (secondary N) is 2. The lowest BCUT2D eigenvalue weighted by atomic mass is 10.2. The van der Waals surface area contributed by atoms with Crippen LogP contribution in [0.1, 0.15) is 17.5 Å². The zero-order valence-electron chi connectivity index (χ0n) is 15.7. The normalized spacial score (nSPS) is 11.0. The lowest BCUT2D eigenvalue weighted by Crippen LogP contribution is -2.25. The van der Waals surface area contributed by atoms with Crippen LogP contribution in [0, 0.1) is 6.92 Å². The predicted octanol–water partition coefficient (Wildman–Crippen LogP) is 2.39. The Balaban J connectivity index is 1.61. The van der Waals surface area contributed by atoms with Crippen molar-refractivity contribution in [1.82, 2.24) is 9.99 Å². The number of hydrogen-bond donors (Lipinski definition) is 3. The van der Waals surface area contributed by atoms with E-state index < -0.39 is 0 Å². The van der Waals surface area contributed by atoms with Crippen molar-refractivity contribution in [1.29, 1.82) is 0 Å². The number of amides is 2. The molecule has 0 unspecified atom stereocenters. The largest absolute Gasteiger partial charge is 0.376 e. The zero-order valence-corrected chi connectivity index (χ0v) is 15.7. The first kappa shape index (κ1) is 19.2. The molecule has 28 heavy (non-hydrogen) atoms. The number of carbonyl (C=O) groups is 2. The summed E-state index contributed by atoms with van der Waals surface area (Å²) in [6.45, 7) is 2.63. The van der Waals surface area contributed by atoms with Crippen LogP contribution in [0.5, 0.6) is 0 Å². The van der Waals surface area contributed by atoms with E-state index in [2.05, 4.69) is 15.8 Å². The average molecular weight is 377 g/mol. The summed E-state index contributed by atoms with van der Waals surface area (Å²) in [5.74, 6) is -0.587. The van der Waals surface area contributed by atoms with Crippen molar-refractivity contribution in [3.8, 4) is 0 Å². The second-order valence-electron chi connectivity index (χ2n) is 6.52. The number of nitrogens with two attached hydrogens (primary N) is 1. The van der Waals surface area contributed by atoms with E-state index in [1.54, 1.807) is 6.21 Å². The van der Waals surface area contributed by atoms with Gasteiger partial charge >= 0.3 is 0 Å². The topological polar surface area (TPSA) is 102 Å². The van der Waals surface area contributed by atoms with Gasteiger partial charge in [0.25, 0.3) is 5.91 Å². The van der Waals surface area contributed by atoms with E-state index in [9.17, 15) is 9.59 Å². The number of aryl methyl sites for hydroxylation is 2. The van der Waals surface area contributed by atoms with Crippen LogP contribution in [0.4, 0.5) is 5.69 Å². The molecule has 0 aliphatic heterocycles. The second kappa shape index (κ2) is 8.85. The average Bonchev–Trinajstić information content (AvgIpc) is 3.04. The number of aromatic nitrogens is 1. The number of benzene rings is 2. The Kier molecular flexibility index (Phi) is 6.06. The van der Waals surface area contributed by atoms with Gasteiger partial charge in [-0.05, 0) is 25.1 Å². The Labute approximate surface area is 163 Å². The highest BCUT2D eigenvalue weighted by atomic mass is 16.2. The van der Waals surface area contributed by atoms with E-state index in [4.69, 9.17) is 5.73 Å². The molecule has 0 spiro atoms. The van der Waals surface area contributed by atoms with Crippen molar-refractivity contribution >= 4 is 34.6 Å². The van der Waals surface area contributed by atoms with Crippen molar-refractivity contribution in [2.24, 2.45) is 10.8 Å². The number of carbonyl (C=O) groups excluding carboxylic acids is 2. The Hall–Kier alpha value is -3.61. The van der Waals surface area contributed by atoms with E-state index in [0.29, 0.717) is 6.54 Å². The van der Waals surface area contributed by atoms with Gasteiger partial charge in [-0.15, -0.1) is 0 Å². The third-order valence-corrected chi connectivity index (χ3v) is 4.32. The maximum absolute atomic E-state index is 12.0. The third-order valence-electron chi connectivity index (χ3n) is 4.32. The number of hydrazone groups is 1. The van der Waals surface area contributed by atoms with E-state index in [1.165, 1.54) is 0 Å². The van der Waals surface area contributed by atoms with Crippen molar-refractivity contribution in [3.05, 3.63) is 65.9 Å². The van der Waals surface area contributed by atoms with E-state index in [0.717, 1.165) is 27.7 Å². The van der Waals surface area contributed by atoms with Crippen LogP contribution in [0.25, 0.3) is 10.9 Å². The Morgan fingerprint density at radius 1 is 1.14 bits per heavy atom. The van der Waals surface area contributed by atoms with Gasteiger partial charge in [-0.3, -0.25) is 9.59 Å². The number of para-hydroxylation sites is 1. The fourth-order valence-electron chi connectivity index (χ4n) is 2.86. The van der Waals surface area contributed by atoms with Gasteiger partial charge in [-0.25, -0.2) is 5.43 Å². The minimum Gasteiger partial charge on any atom is -0.376 e. The van der Waals surface area contributed by atoms with Gasteiger partial charge in [0.05, 0.1) is 12.8 Å². The van der Waals surface area contributed by atoms with Crippen LogP contribution in [-0.4, -0.2) is 29.1 Å². The summed E-state index contributed by atoms with van der Waals surface area (Å²) in [6.07, 6.45) is 3.76. The van der Waals surface area contributed by atoms with Crippen molar-refractivity contribution in [3.63, 3.8) is 0 Å².